The van der Waals surface area contributed by atoms with Crippen LogP contribution in [0, 0.1) is 0 Å². The van der Waals surface area contributed by atoms with E-state index in [-0.39, 0.29) is 11.7 Å². The third-order valence-electron chi connectivity index (χ3n) is 6.87. The van der Waals surface area contributed by atoms with E-state index in [2.05, 4.69) is 43.6 Å². The minimum Gasteiger partial charge on any atom is -0.496 e. The standard InChI is InChI=1S/C26H32ClNO6Si2/c1-30-16-12-20(31-2)25(21(13-16)32-3)28-26(29)18-8-9-24(33-18)34-19-15-23-22(14-17(19)27)35(4,5)10-11-36(23,6)7/h8-9,12-15H,10-11H2,1-7H3,(H,28,29). The van der Waals surface area contributed by atoms with Gasteiger partial charge in [0.25, 0.3) is 11.9 Å². The number of anilines is 1. The molecule has 0 radical (unpaired) electrons. The van der Waals surface area contributed by atoms with Gasteiger partial charge in [-0.2, -0.15) is 0 Å². The molecule has 0 fully saturated rings. The van der Waals surface area contributed by atoms with E-state index >= 15 is 0 Å². The number of benzene rings is 2. The van der Waals surface area contributed by atoms with Crippen molar-refractivity contribution in [2.24, 2.45) is 0 Å². The molecule has 4 rings (SSSR count). The van der Waals surface area contributed by atoms with Crippen molar-refractivity contribution >= 4 is 49.7 Å². The fraction of sp³-hybridized carbons (Fsp3) is 0.346. The Bertz CT molecular complexity index is 1280. The Balaban J connectivity index is 1.58. The van der Waals surface area contributed by atoms with Crippen LogP contribution in [0.15, 0.2) is 40.8 Å². The first-order valence-electron chi connectivity index (χ1n) is 11.7. The molecule has 0 aliphatic carbocycles. The Morgan fingerprint density at radius 2 is 1.44 bits per heavy atom. The molecule has 2 aromatic carbocycles. The minimum absolute atomic E-state index is 0.0715. The quantitative estimate of drug-likeness (QED) is 0.375. The highest BCUT2D eigenvalue weighted by Gasteiger charge is 2.40. The smallest absolute Gasteiger partial charge is 0.291 e. The van der Waals surface area contributed by atoms with Gasteiger partial charge in [0, 0.05) is 18.2 Å². The Kier molecular flexibility index (Phi) is 7.18. The maximum Gasteiger partial charge on any atom is 0.291 e. The van der Waals surface area contributed by atoms with Gasteiger partial charge >= 0.3 is 0 Å². The number of methoxy groups -OCH3 is 3. The first-order valence-corrected chi connectivity index (χ1v) is 18.5. The van der Waals surface area contributed by atoms with Crippen molar-refractivity contribution in [3.8, 4) is 28.9 Å². The number of hydrogen-bond acceptors (Lipinski definition) is 6. The zero-order chi connectivity index (χ0) is 26.3. The summed E-state index contributed by atoms with van der Waals surface area (Å²) in [5.41, 5.74) is 0.362. The van der Waals surface area contributed by atoms with Crippen LogP contribution in [-0.4, -0.2) is 43.4 Å². The lowest BCUT2D eigenvalue weighted by Gasteiger charge is -2.39. The van der Waals surface area contributed by atoms with Gasteiger partial charge in [-0.3, -0.25) is 4.79 Å². The molecule has 7 nitrogen and oxygen atoms in total. The van der Waals surface area contributed by atoms with E-state index in [1.165, 1.54) is 43.8 Å². The number of furan rings is 1. The molecule has 1 amide bonds. The molecule has 1 aliphatic rings. The van der Waals surface area contributed by atoms with Crippen molar-refractivity contribution in [3.05, 3.63) is 47.2 Å². The third kappa shape index (κ3) is 5.00. The monoisotopic (exact) mass is 545 g/mol. The van der Waals surface area contributed by atoms with Gasteiger partial charge in [0.2, 0.25) is 0 Å². The summed E-state index contributed by atoms with van der Waals surface area (Å²) in [5.74, 6) is 1.63. The van der Waals surface area contributed by atoms with Crippen molar-refractivity contribution in [2.45, 2.75) is 38.3 Å². The molecule has 3 aromatic rings. The Hall–Kier alpha value is -2.89. The highest BCUT2D eigenvalue weighted by molar-refractivity contribution is 7.03. The molecule has 1 aliphatic heterocycles. The highest BCUT2D eigenvalue weighted by Crippen LogP contribution is 2.39. The van der Waals surface area contributed by atoms with Crippen LogP contribution in [0.5, 0.6) is 28.9 Å². The largest absolute Gasteiger partial charge is 0.496 e. The van der Waals surface area contributed by atoms with Gasteiger partial charge in [-0.15, -0.1) is 0 Å². The van der Waals surface area contributed by atoms with E-state index in [0.29, 0.717) is 33.7 Å². The fourth-order valence-electron chi connectivity index (χ4n) is 4.56. The lowest BCUT2D eigenvalue weighted by Crippen LogP contribution is -2.63. The van der Waals surface area contributed by atoms with Crippen molar-refractivity contribution in [3.63, 3.8) is 0 Å². The number of ether oxygens (including phenoxy) is 4. The summed E-state index contributed by atoms with van der Waals surface area (Å²) in [6.45, 7) is 9.58. The minimum atomic E-state index is -1.58. The van der Waals surface area contributed by atoms with Crippen LogP contribution < -0.4 is 34.6 Å². The van der Waals surface area contributed by atoms with Gasteiger partial charge in [-0.25, -0.2) is 0 Å². The molecule has 0 saturated carbocycles. The van der Waals surface area contributed by atoms with Crippen LogP contribution in [0.2, 0.25) is 43.3 Å². The molecule has 192 valence electrons. The molecule has 0 spiro atoms. The molecule has 1 aromatic heterocycles. The Morgan fingerprint density at radius 3 is 2.00 bits per heavy atom. The van der Waals surface area contributed by atoms with E-state index in [1.54, 1.807) is 24.3 Å². The number of rotatable bonds is 7. The van der Waals surface area contributed by atoms with Gasteiger partial charge in [0.15, 0.2) is 5.76 Å². The predicted octanol–water partition coefficient (Wildman–Crippen LogP) is 5.85. The Morgan fingerprint density at radius 1 is 0.861 bits per heavy atom. The molecule has 10 heteroatoms. The first-order chi connectivity index (χ1) is 17.0. The zero-order valence-electron chi connectivity index (χ0n) is 21.7. The number of fused-ring (bicyclic) bond motifs is 1. The topological polar surface area (TPSA) is 79.2 Å². The number of carbonyl (C=O) groups excluding carboxylic acids is 1. The summed E-state index contributed by atoms with van der Waals surface area (Å²) < 4.78 is 27.8. The van der Waals surface area contributed by atoms with E-state index < -0.39 is 22.1 Å². The SMILES string of the molecule is COc1cc(OC)c(NC(=O)c2ccc(Oc3cc4c(cc3Cl)[Si](C)(C)CC[Si]4(C)C)o2)c(OC)c1. The summed E-state index contributed by atoms with van der Waals surface area (Å²) in [5, 5.41) is 6.19. The molecule has 0 bridgehead atoms. The van der Waals surface area contributed by atoms with Gasteiger partial charge < -0.3 is 28.7 Å². The van der Waals surface area contributed by atoms with Crippen molar-refractivity contribution in [2.75, 3.05) is 26.6 Å². The maximum absolute atomic E-state index is 13.0. The van der Waals surface area contributed by atoms with Gasteiger partial charge in [0.1, 0.15) is 28.7 Å². The molecule has 36 heavy (non-hydrogen) atoms. The highest BCUT2D eigenvalue weighted by atomic mass is 35.5. The van der Waals surface area contributed by atoms with Crippen LogP contribution in [-0.2, 0) is 0 Å². The van der Waals surface area contributed by atoms with Crippen LogP contribution in [0.4, 0.5) is 5.69 Å². The lowest BCUT2D eigenvalue weighted by molar-refractivity contribution is 0.0991. The van der Waals surface area contributed by atoms with E-state index in [0.717, 1.165) is 0 Å². The first kappa shape index (κ1) is 26.2. The summed E-state index contributed by atoms with van der Waals surface area (Å²) in [7, 11) is 1.43. The average Bonchev–Trinajstić information content (AvgIpc) is 3.31. The molecule has 2 heterocycles. The summed E-state index contributed by atoms with van der Waals surface area (Å²) in [6.07, 6.45) is 0. The normalized spacial score (nSPS) is 15.6. The van der Waals surface area contributed by atoms with Crippen LogP contribution >= 0.6 is 11.6 Å². The second kappa shape index (κ2) is 9.87. The molecule has 0 saturated heterocycles. The third-order valence-corrected chi connectivity index (χ3v) is 14.7. The number of nitrogens with one attached hydrogen (secondary N) is 1. The number of carbonyl (C=O) groups is 1. The van der Waals surface area contributed by atoms with Gasteiger partial charge in [-0.1, -0.05) is 60.3 Å². The lowest BCUT2D eigenvalue weighted by atomic mass is 10.2. The number of amides is 1. The number of halogens is 1. The maximum atomic E-state index is 13.0. The fourth-order valence-corrected chi connectivity index (χ4v) is 15.1. The number of hydrogen-bond donors (Lipinski definition) is 1. The van der Waals surface area contributed by atoms with Crippen molar-refractivity contribution in [1.82, 2.24) is 0 Å². The molecule has 0 atom stereocenters. The van der Waals surface area contributed by atoms with Gasteiger partial charge in [-0.05, 0) is 18.2 Å². The van der Waals surface area contributed by atoms with Crippen molar-refractivity contribution < 1.29 is 28.2 Å². The van der Waals surface area contributed by atoms with E-state index in [1.807, 2.05) is 0 Å². The molecule has 1 N–H and O–H groups in total. The van der Waals surface area contributed by atoms with Crippen LogP contribution in [0.3, 0.4) is 0 Å². The van der Waals surface area contributed by atoms with Gasteiger partial charge in [0.05, 0.1) is 42.5 Å². The summed E-state index contributed by atoms with van der Waals surface area (Å²) in [4.78, 5) is 13.0. The van der Waals surface area contributed by atoms with Crippen molar-refractivity contribution in [1.29, 1.82) is 0 Å². The zero-order valence-corrected chi connectivity index (χ0v) is 24.5. The molecule has 0 unspecified atom stereocenters. The Labute approximate surface area is 218 Å². The molecular weight excluding hydrogens is 514 g/mol. The summed E-state index contributed by atoms with van der Waals surface area (Å²) >= 11 is 6.65. The summed E-state index contributed by atoms with van der Waals surface area (Å²) in [6, 6.07) is 13.2. The predicted molar refractivity (Wildman–Crippen MR) is 148 cm³/mol. The van der Waals surface area contributed by atoms with E-state index in [4.69, 9.17) is 35.0 Å². The average molecular weight is 546 g/mol. The molecular formula is C26H32ClNO6Si2. The van der Waals surface area contributed by atoms with Crippen LogP contribution in [0.25, 0.3) is 0 Å². The van der Waals surface area contributed by atoms with E-state index in [9.17, 15) is 4.79 Å². The second-order valence-electron chi connectivity index (χ2n) is 10.2. The van der Waals surface area contributed by atoms with Crippen LogP contribution in [0.1, 0.15) is 10.6 Å². The second-order valence-corrected chi connectivity index (χ2v) is 20.2.